The van der Waals surface area contributed by atoms with Crippen molar-refractivity contribution < 1.29 is 19.1 Å². The maximum absolute atomic E-state index is 12.8. The number of aryl methyl sites for hydroxylation is 2. The van der Waals surface area contributed by atoms with Gasteiger partial charge in [-0.2, -0.15) is 0 Å². The van der Waals surface area contributed by atoms with Gasteiger partial charge in [-0.1, -0.05) is 102 Å². The molecule has 0 aliphatic heterocycles. The highest BCUT2D eigenvalue weighted by molar-refractivity contribution is 7.18. The van der Waals surface area contributed by atoms with Gasteiger partial charge >= 0.3 is 11.9 Å². The van der Waals surface area contributed by atoms with E-state index < -0.39 is 0 Å². The number of thiophene rings is 1. The molecule has 1 heterocycles. The average molecular weight is 701 g/mol. The SMILES string of the molecule is CCCCCCCCc1ccc(C(=O)Oc2ccc(-c3ccc(-c4ccc(OC(=O)c5ccc(CCCCCCCC)cc5)cc4)s3)cc2)cc1. The molecule has 0 amide bonds. The number of carbonyl (C=O) groups is 2. The molecule has 266 valence electrons. The molecule has 0 N–H and O–H groups in total. The third-order valence-corrected chi connectivity index (χ3v) is 10.5. The minimum atomic E-state index is -0.349. The fourth-order valence-corrected chi connectivity index (χ4v) is 7.21. The van der Waals surface area contributed by atoms with Crippen LogP contribution in [0.3, 0.4) is 0 Å². The molecule has 0 saturated heterocycles. The van der Waals surface area contributed by atoms with E-state index in [4.69, 9.17) is 9.47 Å². The van der Waals surface area contributed by atoms with Gasteiger partial charge in [0.2, 0.25) is 0 Å². The van der Waals surface area contributed by atoms with Gasteiger partial charge in [0, 0.05) is 9.75 Å². The number of esters is 2. The lowest BCUT2D eigenvalue weighted by Gasteiger charge is -2.07. The Hall–Kier alpha value is -4.48. The normalized spacial score (nSPS) is 11.0. The van der Waals surface area contributed by atoms with Crippen molar-refractivity contribution in [2.24, 2.45) is 0 Å². The van der Waals surface area contributed by atoms with E-state index >= 15 is 0 Å². The van der Waals surface area contributed by atoms with Gasteiger partial charge in [0.05, 0.1) is 11.1 Å². The molecular weight excluding hydrogens is 649 g/mol. The highest BCUT2D eigenvalue weighted by Gasteiger charge is 2.12. The van der Waals surface area contributed by atoms with E-state index in [9.17, 15) is 9.59 Å². The van der Waals surface area contributed by atoms with E-state index in [-0.39, 0.29) is 11.9 Å². The third-order valence-electron chi connectivity index (χ3n) is 9.32. The van der Waals surface area contributed by atoms with Crippen LogP contribution >= 0.6 is 11.3 Å². The van der Waals surface area contributed by atoms with Gasteiger partial charge in [0.15, 0.2) is 0 Å². The van der Waals surface area contributed by atoms with Gasteiger partial charge in [0.25, 0.3) is 0 Å². The van der Waals surface area contributed by atoms with Crippen molar-refractivity contribution >= 4 is 23.3 Å². The second kappa shape index (κ2) is 20.4. The van der Waals surface area contributed by atoms with Crippen LogP contribution < -0.4 is 9.47 Å². The molecule has 5 aromatic rings. The molecule has 0 bridgehead atoms. The topological polar surface area (TPSA) is 52.6 Å². The van der Waals surface area contributed by atoms with E-state index in [0.717, 1.165) is 33.7 Å². The van der Waals surface area contributed by atoms with Gasteiger partial charge in [-0.3, -0.25) is 0 Å². The Balaban J connectivity index is 1.07. The zero-order chi connectivity index (χ0) is 35.7. The minimum Gasteiger partial charge on any atom is -0.423 e. The standard InChI is InChI=1S/C46H52O4S/c1-3-5-7-9-11-13-15-35-17-21-39(22-18-35)45(47)49-41-29-25-37(26-30-41)43-33-34-44(51-43)38-27-31-42(32-28-38)50-46(48)40-23-19-36(20-24-40)16-14-12-10-8-6-4-2/h17-34H,3-16H2,1-2H3. The molecule has 51 heavy (non-hydrogen) atoms. The van der Waals surface area contributed by atoms with Gasteiger partial charge in [-0.05, 0) is 133 Å². The Morgan fingerprint density at radius 2 is 0.784 bits per heavy atom. The second-order valence-corrected chi connectivity index (χ2v) is 14.5. The van der Waals surface area contributed by atoms with Crippen molar-refractivity contribution in [3.63, 3.8) is 0 Å². The fourth-order valence-electron chi connectivity index (χ4n) is 6.19. The van der Waals surface area contributed by atoms with Crippen LogP contribution in [0.25, 0.3) is 20.9 Å². The first-order chi connectivity index (χ1) is 25.0. The molecule has 4 nitrogen and oxygen atoms in total. The number of hydrogen-bond donors (Lipinski definition) is 0. The minimum absolute atomic E-state index is 0.349. The van der Waals surface area contributed by atoms with Crippen LogP contribution in [0.15, 0.2) is 109 Å². The molecule has 0 radical (unpaired) electrons. The molecule has 4 aromatic carbocycles. The Kier molecular flexibility index (Phi) is 15.1. The van der Waals surface area contributed by atoms with E-state index in [2.05, 4.69) is 26.0 Å². The molecule has 5 heteroatoms. The molecule has 0 unspecified atom stereocenters. The quantitative estimate of drug-likeness (QED) is 0.0461. The lowest BCUT2D eigenvalue weighted by molar-refractivity contribution is 0.0725. The number of ether oxygens (including phenoxy) is 2. The predicted octanol–water partition coefficient (Wildman–Crippen LogP) is 13.3. The van der Waals surface area contributed by atoms with Crippen LogP contribution in [-0.2, 0) is 12.8 Å². The largest absolute Gasteiger partial charge is 0.423 e. The van der Waals surface area contributed by atoms with E-state index in [1.54, 1.807) is 11.3 Å². The maximum Gasteiger partial charge on any atom is 0.343 e. The highest BCUT2D eigenvalue weighted by Crippen LogP contribution is 2.36. The summed E-state index contributed by atoms with van der Waals surface area (Å²) < 4.78 is 11.3. The highest BCUT2D eigenvalue weighted by atomic mass is 32.1. The lowest BCUT2D eigenvalue weighted by Crippen LogP contribution is -2.08. The first-order valence-electron chi connectivity index (χ1n) is 19.0. The summed E-state index contributed by atoms with van der Waals surface area (Å²) >= 11 is 1.68. The van der Waals surface area contributed by atoms with Gasteiger partial charge < -0.3 is 9.47 Å². The third kappa shape index (κ3) is 12.1. The lowest BCUT2D eigenvalue weighted by atomic mass is 10.0. The van der Waals surface area contributed by atoms with Crippen molar-refractivity contribution in [2.75, 3.05) is 0 Å². The number of benzene rings is 4. The molecule has 0 atom stereocenters. The molecule has 0 spiro atoms. The molecular formula is C46H52O4S. The molecule has 5 rings (SSSR count). The summed E-state index contributed by atoms with van der Waals surface area (Å²) in [6, 6.07) is 35.1. The van der Waals surface area contributed by atoms with Crippen LogP contribution in [-0.4, -0.2) is 11.9 Å². The van der Waals surface area contributed by atoms with Crippen LogP contribution in [0.5, 0.6) is 11.5 Å². The van der Waals surface area contributed by atoms with E-state index in [1.807, 2.05) is 97.1 Å². The summed E-state index contributed by atoms with van der Waals surface area (Å²) in [4.78, 5) is 27.8. The predicted molar refractivity (Wildman–Crippen MR) is 212 cm³/mol. The number of unbranched alkanes of at least 4 members (excludes halogenated alkanes) is 10. The first kappa shape index (κ1) is 37.8. The van der Waals surface area contributed by atoms with Crippen LogP contribution in [0, 0.1) is 0 Å². The van der Waals surface area contributed by atoms with E-state index in [0.29, 0.717) is 22.6 Å². The summed E-state index contributed by atoms with van der Waals surface area (Å²) in [5.41, 5.74) is 5.74. The number of hydrogen-bond acceptors (Lipinski definition) is 5. The first-order valence-corrected chi connectivity index (χ1v) is 19.8. The monoisotopic (exact) mass is 700 g/mol. The average Bonchev–Trinajstić information content (AvgIpc) is 3.66. The van der Waals surface area contributed by atoms with Crippen molar-refractivity contribution in [1.82, 2.24) is 0 Å². The Bertz CT molecular complexity index is 1640. The number of carbonyl (C=O) groups excluding carboxylic acids is 2. The molecule has 1 aromatic heterocycles. The van der Waals surface area contributed by atoms with Crippen molar-refractivity contribution in [3.8, 4) is 32.4 Å². The summed E-state index contributed by atoms with van der Waals surface area (Å²) in [6.07, 6.45) is 17.4. The van der Waals surface area contributed by atoms with Gasteiger partial charge in [0.1, 0.15) is 11.5 Å². The van der Waals surface area contributed by atoms with E-state index in [1.165, 1.54) is 88.2 Å². The molecule has 0 saturated carbocycles. The molecule has 0 fully saturated rings. The van der Waals surface area contributed by atoms with Crippen LogP contribution in [0.2, 0.25) is 0 Å². The van der Waals surface area contributed by atoms with Gasteiger partial charge in [-0.25, -0.2) is 9.59 Å². The Labute approximate surface area is 308 Å². The second-order valence-electron chi connectivity index (χ2n) is 13.4. The zero-order valence-corrected chi connectivity index (χ0v) is 31.1. The Morgan fingerprint density at radius 3 is 1.16 bits per heavy atom. The molecule has 0 aliphatic rings. The number of rotatable bonds is 20. The Morgan fingerprint density at radius 1 is 0.431 bits per heavy atom. The fraction of sp³-hybridized carbons (Fsp3) is 0.348. The summed E-state index contributed by atoms with van der Waals surface area (Å²) in [5, 5.41) is 0. The van der Waals surface area contributed by atoms with Crippen molar-refractivity contribution in [3.05, 3.63) is 131 Å². The summed E-state index contributed by atoms with van der Waals surface area (Å²) in [6.45, 7) is 4.48. The van der Waals surface area contributed by atoms with Crippen LogP contribution in [0.1, 0.15) is 123 Å². The van der Waals surface area contributed by atoms with Crippen molar-refractivity contribution in [2.45, 2.75) is 104 Å². The summed E-state index contributed by atoms with van der Waals surface area (Å²) in [7, 11) is 0. The summed E-state index contributed by atoms with van der Waals surface area (Å²) in [5.74, 6) is 0.341. The smallest absolute Gasteiger partial charge is 0.343 e. The zero-order valence-electron chi connectivity index (χ0n) is 30.3. The van der Waals surface area contributed by atoms with Crippen molar-refractivity contribution in [1.29, 1.82) is 0 Å². The van der Waals surface area contributed by atoms with Crippen LogP contribution in [0.4, 0.5) is 0 Å². The maximum atomic E-state index is 12.8. The van der Waals surface area contributed by atoms with Gasteiger partial charge in [-0.15, -0.1) is 11.3 Å². The molecule has 0 aliphatic carbocycles.